The lowest BCUT2D eigenvalue weighted by atomic mass is 10.0. The second-order valence-corrected chi connectivity index (χ2v) is 6.29. The summed E-state index contributed by atoms with van der Waals surface area (Å²) in [4.78, 5) is 23.4. The van der Waals surface area contributed by atoms with Gasteiger partial charge in [0.1, 0.15) is 12.4 Å². The highest BCUT2D eigenvalue weighted by Crippen LogP contribution is 2.32. The molecular weight excluding hydrogens is 352 g/mol. The van der Waals surface area contributed by atoms with Crippen LogP contribution in [0.5, 0.6) is 5.75 Å². The van der Waals surface area contributed by atoms with Gasteiger partial charge in [-0.25, -0.2) is 4.98 Å². The van der Waals surface area contributed by atoms with E-state index in [-0.39, 0.29) is 23.6 Å². The van der Waals surface area contributed by atoms with E-state index in [1.807, 2.05) is 48.5 Å². The standard InChI is InChI=1S/C23H18N2O3/c1-2-16-13-19-21(26)20(18-11-7-4-8-12-18)23(27)25(22(19)24-14-16)28-15-17-9-5-3-6-10-17/h2-14,26H,1,15H2. The zero-order valence-corrected chi connectivity index (χ0v) is 15.1. The molecule has 4 rings (SSSR count). The van der Waals surface area contributed by atoms with Crippen LogP contribution in [0.2, 0.25) is 0 Å². The second-order valence-electron chi connectivity index (χ2n) is 6.29. The van der Waals surface area contributed by atoms with Crippen molar-refractivity contribution in [2.45, 2.75) is 6.61 Å². The molecule has 0 bridgehead atoms. The third-order valence-corrected chi connectivity index (χ3v) is 4.47. The largest absolute Gasteiger partial charge is 0.506 e. The van der Waals surface area contributed by atoms with Gasteiger partial charge in [0.15, 0.2) is 5.65 Å². The molecule has 5 nitrogen and oxygen atoms in total. The summed E-state index contributed by atoms with van der Waals surface area (Å²) in [6.07, 6.45) is 3.22. The molecule has 0 spiro atoms. The first kappa shape index (κ1) is 17.5. The van der Waals surface area contributed by atoms with Gasteiger partial charge in [-0.2, -0.15) is 0 Å². The Kier molecular flexibility index (Phi) is 4.64. The predicted molar refractivity (Wildman–Crippen MR) is 110 cm³/mol. The maximum absolute atomic E-state index is 13.2. The summed E-state index contributed by atoms with van der Waals surface area (Å²) < 4.78 is 1.15. The van der Waals surface area contributed by atoms with Gasteiger partial charge in [0.2, 0.25) is 0 Å². The highest BCUT2D eigenvalue weighted by atomic mass is 16.7. The van der Waals surface area contributed by atoms with Gasteiger partial charge in [-0.05, 0) is 22.8 Å². The van der Waals surface area contributed by atoms with E-state index < -0.39 is 5.56 Å². The van der Waals surface area contributed by atoms with E-state index in [0.29, 0.717) is 10.9 Å². The number of fused-ring (bicyclic) bond motifs is 1. The van der Waals surface area contributed by atoms with Crippen LogP contribution < -0.4 is 10.4 Å². The Morgan fingerprint density at radius 3 is 2.43 bits per heavy atom. The third kappa shape index (κ3) is 3.14. The SMILES string of the molecule is C=Cc1cnc2c(c1)c(O)c(-c1ccccc1)c(=O)n2OCc1ccccc1. The van der Waals surface area contributed by atoms with Crippen LogP contribution in [0.25, 0.3) is 28.2 Å². The lowest BCUT2D eigenvalue weighted by Crippen LogP contribution is -2.29. The first-order chi connectivity index (χ1) is 13.7. The van der Waals surface area contributed by atoms with Crippen molar-refractivity contribution >= 4 is 17.1 Å². The van der Waals surface area contributed by atoms with Crippen LogP contribution in [0, 0.1) is 0 Å². The summed E-state index contributed by atoms with van der Waals surface area (Å²) in [5.74, 6) is -0.123. The minimum atomic E-state index is -0.467. The van der Waals surface area contributed by atoms with Crippen molar-refractivity contribution in [2.24, 2.45) is 0 Å². The molecule has 2 heterocycles. The number of rotatable bonds is 5. The number of pyridine rings is 2. The topological polar surface area (TPSA) is 64.4 Å². The Morgan fingerprint density at radius 2 is 1.75 bits per heavy atom. The molecule has 0 amide bonds. The molecular formula is C23H18N2O3. The molecule has 0 aliphatic rings. The van der Waals surface area contributed by atoms with Crippen molar-refractivity contribution in [2.75, 3.05) is 0 Å². The molecule has 0 saturated heterocycles. The van der Waals surface area contributed by atoms with Crippen molar-refractivity contribution in [1.82, 2.24) is 9.71 Å². The third-order valence-electron chi connectivity index (χ3n) is 4.47. The fraction of sp³-hybridized carbons (Fsp3) is 0.0435. The molecule has 4 aromatic rings. The summed E-state index contributed by atoms with van der Waals surface area (Å²) in [6.45, 7) is 3.94. The van der Waals surface area contributed by atoms with E-state index in [0.717, 1.165) is 15.9 Å². The predicted octanol–water partition coefficient (Wildman–Crippen LogP) is 4.04. The van der Waals surface area contributed by atoms with E-state index in [9.17, 15) is 9.90 Å². The number of benzene rings is 2. The lowest BCUT2D eigenvalue weighted by molar-refractivity contribution is 0.0980. The Hall–Kier alpha value is -3.86. The van der Waals surface area contributed by atoms with E-state index in [2.05, 4.69) is 11.6 Å². The first-order valence-corrected chi connectivity index (χ1v) is 8.82. The van der Waals surface area contributed by atoms with Gasteiger partial charge in [0.25, 0.3) is 5.56 Å². The zero-order chi connectivity index (χ0) is 19.5. The van der Waals surface area contributed by atoms with Gasteiger partial charge in [-0.1, -0.05) is 73.3 Å². The van der Waals surface area contributed by atoms with Gasteiger partial charge in [-0.3, -0.25) is 4.79 Å². The number of hydrogen-bond acceptors (Lipinski definition) is 4. The summed E-state index contributed by atoms with van der Waals surface area (Å²) in [5.41, 5.74) is 2.21. The van der Waals surface area contributed by atoms with E-state index >= 15 is 0 Å². The molecule has 0 saturated carbocycles. The van der Waals surface area contributed by atoms with E-state index in [1.165, 1.54) is 0 Å². The Morgan fingerprint density at radius 1 is 1.07 bits per heavy atom. The van der Waals surface area contributed by atoms with Crippen molar-refractivity contribution < 1.29 is 9.94 Å². The van der Waals surface area contributed by atoms with Crippen LogP contribution in [0.3, 0.4) is 0 Å². The molecule has 2 aromatic heterocycles. The second kappa shape index (κ2) is 7.40. The normalized spacial score (nSPS) is 10.7. The summed E-state index contributed by atoms with van der Waals surface area (Å²) in [7, 11) is 0. The van der Waals surface area contributed by atoms with Crippen LogP contribution in [-0.4, -0.2) is 14.8 Å². The van der Waals surface area contributed by atoms with Crippen LogP contribution >= 0.6 is 0 Å². The average Bonchev–Trinajstić information content (AvgIpc) is 2.75. The molecule has 0 aliphatic carbocycles. The molecule has 2 aromatic carbocycles. The van der Waals surface area contributed by atoms with Gasteiger partial charge >= 0.3 is 0 Å². The van der Waals surface area contributed by atoms with Crippen LogP contribution in [0.15, 0.2) is 84.3 Å². The van der Waals surface area contributed by atoms with Gasteiger partial charge in [-0.15, -0.1) is 4.73 Å². The van der Waals surface area contributed by atoms with Crippen molar-refractivity contribution in [1.29, 1.82) is 0 Å². The Bertz CT molecular complexity index is 1200. The van der Waals surface area contributed by atoms with Crippen molar-refractivity contribution in [3.63, 3.8) is 0 Å². The highest BCUT2D eigenvalue weighted by Gasteiger charge is 2.20. The Balaban J connectivity index is 1.94. The maximum Gasteiger partial charge on any atom is 0.296 e. The van der Waals surface area contributed by atoms with Crippen molar-refractivity contribution in [3.8, 4) is 16.9 Å². The quantitative estimate of drug-likeness (QED) is 0.576. The fourth-order valence-corrected chi connectivity index (χ4v) is 3.05. The summed E-state index contributed by atoms with van der Waals surface area (Å²) in [6, 6.07) is 20.3. The molecule has 1 N–H and O–H groups in total. The van der Waals surface area contributed by atoms with E-state index in [4.69, 9.17) is 4.84 Å². The van der Waals surface area contributed by atoms with Crippen LogP contribution in [0.4, 0.5) is 0 Å². The zero-order valence-electron chi connectivity index (χ0n) is 15.1. The van der Waals surface area contributed by atoms with E-state index in [1.54, 1.807) is 30.5 Å². The van der Waals surface area contributed by atoms with Gasteiger partial charge < -0.3 is 9.94 Å². The molecule has 0 fully saturated rings. The lowest BCUT2D eigenvalue weighted by Gasteiger charge is -2.15. The average molecular weight is 370 g/mol. The highest BCUT2D eigenvalue weighted by molar-refractivity contribution is 5.91. The van der Waals surface area contributed by atoms with Crippen LogP contribution in [0.1, 0.15) is 11.1 Å². The number of aromatic hydroxyl groups is 1. The molecule has 0 unspecified atom stereocenters. The Labute approximate surface area is 161 Å². The fourth-order valence-electron chi connectivity index (χ4n) is 3.05. The smallest absolute Gasteiger partial charge is 0.296 e. The number of aromatic nitrogens is 2. The molecule has 138 valence electrons. The molecule has 5 heteroatoms. The first-order valence-electron chi connectivity index (χ1n) is 8.82. The van der Waals surface area contributed by atoms with Gasteiger partial charge in [0.05, 0.1) is 10.9 Å². The number of hydrogen-bond donors (Lipinski definition) is 1. The summed E-state index contributed by atoms with van der Waals surface area (Å²) in [5, 5.41) is 11.3. The minimum absolute atomic E-state index is 0.123. The summed E-state index contributed by atoms with van der Waals surface area (Å²) >= 11 is 0. The molecule has 0 aliphatic heterocycles. The molecule has 0 radical (unpaired) electrons. The minimum Gasteiger partial charge on any atom is -0.506 e. The molecule has 0 atom stereocenters. The monoisotopic (exact) mass is 370 g/mol. The maximum atomic E-state index is 13.2. The number of nitrogens with zero attached hydrogens (tertiary/aromatic N) is 2. The van der Waals surface area contributed by atoms with Crippen molar-refractivity contribution in [3.05, 3.63) is 101 Å². The van der Waals surface area contributed by atoms with Gasteiger partial charge in [0, 0.05) is 6.20 Å². The molecule has 28 heavy (non-hydrogen) atoms. The van der Waals surface area contributed by atoms with Crippen LogP contribution in [-0.2, 0) is 6.61 Å².